The summed E-state index contributed by atoms with van der Waals surface area (Å²) in [5.41, 5.74) is 9.49. The monoisotopic (exact) mass is 458 g/mol. The van der Waals surface area contributed by atoms with Gasteiger partial charge in [0, 0.05) is 36.5 Å². The van der Waals surface area contributed by atoms with Gasteiger partial charge in [0.05, 0.1) is 24.8 Å². The van der Waals surface area contributed by atoms with Crippen LogP contribution in [0.25, 0.3) is 11.1 Å². The summed E-state index contributed by atoms with van der Waals surface area (Å²) in [7, 11) is 0. The quantitative estimate of drug-likeness (QED) is 0.552. The van der Waals surface area contributed by atoms with Crippen molar-refractivity contribution in [1.82, 2.24) is 4.98 Å². The van der Waals surface area contributed by atoms with Crippen molar-refractivity contribution in [3.63, 3.8) is 0 Å². The molecule has 0 bridgehead atoms. The summed E-state index contributed by atoms with van der Waals surface area (Å²) in [6.07, 6.45) is 0.243. The molecule has 1 aliphatic rings. The third kappa shape index (κ3) is 5.52. The van der Waals surface area contributed by atoms with E-state index in [2.05, 4.69) is 16.0 Å². The first kappa shape index (κ1) is 23.2. The van der Waals surface area contributed by atoms with E-state index in [0.29, 0.717) is 30.3 Å². The number of rotatable bonds is 7. The van der Waals surface area contributed by atoms with E-state index in [1.807, 2.05) is 49.4 Å². The molecule has 1 fully saturated rings. The number of carboxylic acid groups (broad SMARTS) is 1. The third-order valence-corrected chi connectivity index (χ3v) is 5.62. The molecule has 0 amide bonds. The topological polar surface area (TPSA) is 122 Å². The van der Waals surface area contributed by atoms with Crippen LogP contribution in [0.5, 0.6) is 11.5 Å². The highest BCUT2D eigenvalue weighted by atomic mass is 16.5. The lowest BCUT2D eigenvalue weighted by Crippen LogP contribution is -2.36. The molecule has 1 aromatic heterocycles. The number of morpholine rings is 1. The minimum atomic E-state index is -1.03. The van der Waals surface area contributed by atoms with Crippen LogP contribution in [0.1, 0.15) is 16.8 Å². The molecule has 34 heavy (non-hydrogen) atoms. The van der Waals surface area contributed by atoms with Crippen LogP contribution < -0.4 is 15.4 Å². The molecule has 8 heteroatoms. The number of nitriles is 1. The normalized spacial score (nSPS) is 14.3. The fourth-order valence-corrected chi connectivity index (χ4v) is 3.84. The Labute approximate surface area is 198 Å². The molecule has 4 rings (SSSR count). The first-order valence-electron chi connectivity index (χ1n) is 11.0. The van der Waals surface area contributed by atoms with Crippen molar-refractivity contribution in [2.45, 2.75) is 19.4 Å². The number of aryl methyl sites for hydroxylation is 1. The number of carbonyl (C=O) groups is 1. The standard InChI is InChI=1S/C26H26N4O4/c1-17-12-21(15-25(29-17)30-8-10-33-11-9-30)34-24-14-19(16-27)4-7-22(24)20-5-2-18(3-6-20)13-23(28)26(31)32/h2-7,12,14-15,23H,8-11,13,28H2,1H3,(H,31,32). The minimum Gasteiger partial charge on any atom is -0.480 e. The van der Waals surface area contributed by atoms with Crippen LogP contribution in [0.15, 0.2) is 54.6 Å². The number of ether oxygens (including phenoxy) is 2. The van der Waals surface area contributed by atoms with Gasteiger partial charge in [0.25, 0.3) is 0 Å². The maximum Gasteiger partial charge on any atom is 0.320 e. The molecule has 2 aromatic carbocycles. The molecule has 0 saturated carbocycles. The highest BCUT2D eigenvalue weighted by molar-refractivity contribution is 5.74. The Bertz CT molecular complexity index is 1210. The van der Waals surface area contributed by atoms with Crippen molar-refractivity contribution >= 4 is 11.8 Å². The van der Waals surface area contributed by atoms with Crippen LogP contribution >= 0.6 is 0 Å². The fraction of sp³-hybridized carbons (Fsp3) is 0.269. The summed E-state index contributed by atoms with van der Waals surface area (Å²) in [6.45, 7) is 4.77. The van der Waals surface area contributed by atoms with Crippen molar-refractivity contribution in [2.75, 3.05) is 31.2 Å². The summed E-state index contributed by atoms with van der Waals surface area (Å²) in [4.78, 5) is 17.8. The zero-order valence-electron chi connectivity index (χ0n) is 18.9. The SMILES string of the molecule is Cc1cc(Oc2cc(C#N)ccc2-c2ccc(CC(N)C(=O)O)cc2)cc(N2CCOCC2)n1. The molecule has 0 spiro atoms. The number of nitrogens with two attached hydrogens (primary N) is 1. The number of aromatic nitrogens is 1. The summed E-state index contributed by atoms with van der Waals surface area (Å²) in [5, 5.41) is 18.5. The highest BCUT2D eigenvalue weighted by Crippen LogP contribution is 2.35. The van der Waals surface area contributed by atoms with E-state index < -0.39 is 12.0 Å². The molecular weight excluding hydrogens is 432 g/mol. The van der Waals surface area contributed by atoms with Gasteiger partial charge >= 0.3 is 5.97 Å². The lowest BCUT2D eigenvalue weighted by molar-refractivity contribution is -0.138. The number of hydrogen-bond acceptors (Lipinski definition) is 7. The van der Waals surface area contributed by atoms with E-state index in [1.165, 1.54) is 0 Å². The minimum absolute atomic E-state index is 0.243. The van der Waals surface area contributed by atoms with Crippen LogP contribution in [0.3, 0.4) is 0 Å². The first-order valence-corrected chi connectivity index (χ1v) is 11.0. The largest absolute Gasteiger partial charge is 0.480 e. The molecule has 2 heterocycles. The maximum atomic E-state index is 11.0. The third-order valence-electron chi connectivity index (χ3n) is 5.62. The van der Waals surface area contributed by atoms with Crippen LogP contribution in [0, 0.1) is 18.3 Å². The molecule has 3 aromatic rings. The molecule has 0 radical (unpaired) electrons. The molecular formula is C26H26N4O4. The number of carboxylic acids is 1. The van der Waals surface area contributed by atoms with Crippen LogP contribution in [0.4, 0.5) is 5.82 Å². The summed E-state index contributed by atoms with van der Waals surface area (Å²) < 4.78 is 11.7. The molecule has 0 aliphatic carbocycles. The van der Waals surface area contributed by atoms with E-state index in [0.717, 1.165) is 41.3 Å². The number of nitrogens with zero attached hydrogens (tertiary/aromatic N) is 3. The smallest absolute Gasteiger partial charge is 0.320 e. The molecule has 1 atom stereocenters. The summed E-state index contributed by atoms with van der Waals surface area (Å²) in [5.74, 6) is 0.980. The van der Waals surface area contributed by atoms with E-state index >= 15 is 0 Å². The Morgan fingerprint density at radius 1 is 1.21 bits per heavy atom. The Balaban J connectivity index is 1.64. The second-order valence-electron chi connectivity index (χ2n) is 8.17. The van der Waals surface area contributed by atoms with E-state index in [-0.39, 0.29) is 6.42 Å². The van der Waals surface area contributed by atoms with Gasteiger partial charge in [0.2, 0.25) is 0 Å². The van der Waals surface area contributed by atoms with E-state index in [4.69, 9.17) is 20.3 Å². The van der Waals surface area contributed by atoms with Crippen LogP contribution in [0.2, 0.25) is 0 Å². The Morgan fingerprint density at radius 2 is 1.94 bits per heavy atom. The fourth-order valence-electron chi connectivity index (χ4n) is 3.84. The Hall–Kier alpha value is -3.93. The van der Waals surface area contributed by atoms with Crippen molar-refractivity contribution in [3.05, 3.63) is 71.4 Å². The van der Waals surface area contributed by atoms with Gasteiger partial charge in [-0.3, -0.25) is 4.79 Å². The van der Waals surface area contributed by atoms with Gasteiger partial charge in [-0.1, -0.05) is 24.3 Å². The number of aliphatic carboxylic acids is 1. The molecule has 3 N–H and O–H groups in total. The molecule has 174 valence electrons. The molecule has 1 saturated heterocycles. The zero-order valence-corrected chi connectivity index (χ0v) is 18.9. The number of pyridine rings is 1. The van der Waals surface area contributed by atoms with Crippen molar-refractivity contribution in [1.29, 1.82) is 5.26 Å². The van der Waals surface area contributed by atoms with Gasteiger partial charge in [-0.2, -0.15) is 5.26 Å². The predicted molar refractivity (Wildman–Crippen MR) is 128 cm³/mol. The Morgan fingerprint density at radius 3 is 2.62 bits per heavy atom. The van der Waals surface area contributed by atoms with Gasteiger partial charge < -0.3 is 25.2 Å². The van der Waals surface area contributed by atoms with Crippen LogP contribution in [-0.4, -0.2) is 48.4 Å². The lowest BCUT2D eigenvalue weighted by atomic mass is 9.99. The number of anilines is 1. The van der Waals surface area contributed by atoms with Crippen LogP contribution in [-0.2, 0) is 16.0 Å². The molecule has 1 unspecified atom stereocenters. The van der Waals surface area contributed by atoms with Gasteiger partial charge in [0.1, 0.15) is 23.4 Å². The van der Waals surface area contributed by atoms with E-state index in [1.54, 1.807) is 12.1 Å². The second-order valence-corrected chi connectivity index (χ2v) is 8.17. The van der Waals surface area contributed by atoms with Crippen molar-refractivity contribution in [3.8, 4) is 28.7 Å². The molecule has 1 aliphatic heterocycles. The van der Waals surface area contributed by atoms with Gasteiger partial charge in [-0.05, 0) is 42.7 Å². The maximum absolute atomic E-state index is 11.0. The summed E-state index contributed by atoms with van der Waals surface area (Å²) in [6, 6.07) is 17.8. The van der Waals surface area contributed by atoms with Crippen molar-refractivity contribution in [2.24, 2.45) is 5.73 Å². The summed E-state index contributed by atoms with van der Waals surface area (Å²) >= 11 is 0. The number of benzene rings is 2. The first-order chi connectivity index (χ1) is 16.4. The zero-order chi connectivity index (χ0) is 24.1. The van der Waals surface area contributed by atoms with Gasteiger partial charge in [0.15, 0.2) is 0 Å². The van der Waals surface area contributed by atoms with Crippen molar-refractivity contribution < 1.29 is 19.4 Å². The van der Waals surface area contributed by atoms with Gasteiger partial charge in [-0.15, -0.1) is 0 Å². The molecule has 8 nitrogen and oxygen atoms in total. The lowest BCUT2D eigenvalue weighted by Gasteiger charge is -2.28. The predicted octanol–water partition coefficient (Wildman–Crippen LogP) is 3.51. The Kier molecular flexibility index (Phi) is 7.07. The average Bonchev–Trinajstić information content (AvgIpc) is 2.84. The highest BCUT2D eigenvalue weighted by Gasteiger charge is 2.16. The van der Waals surface area contributed by atoms with Gasteiger partial charge in [-0.25, -0.2) is 4.98 Å². The number of hydrogen-bond donors (Lipinski definition) is 2. The van der Waals surface area contributed by atoms with E-state index in [9.17, 15) is 10.1 Å². The second kappa shape index (κ2) is 10.3. The average molecular weight is 459 g/mol.